The third kappa shape index (κ3) is 3.38. The van der Waals surface area contributed by atoms with Crippen molar-refractivity contribution >= 4 is 7.37 Å². The first-order chi connectivity index (χ1) is 7.35. The lowest BCUT2D eigenvalue weighted by Gasteiger charge is -2.18. The van der Waals surface area contributed by atoms with Crippen LogP contribution in [0.1, 0.15) is 37.8 Å². The van der Waals surface area contributed by atoms with E-state index in [9.17, 15) is 4.57 Å². The van der Waals surface area contributed by atoms with Crippen LogP contribution in [0.25, 0.3) is 0 Å². The summed E-state index contributed by atoms with van der Waals surface area (Å²) in [6, 6.07) is 6.10. The Morgan fingerprint density at radius 3 is 2.50 bits per heavy atom. The van der Waals surface area contributed by atoms with Gasteiger partial charge in [0.25, 0.3) is 0 Å². The van der Waals surface area contributed by atoms with Gasteiger partial charge in [-0.2, -0.15) is 0 Å². The average molecular weight is 240 g/mol. The lowest BCUT2D eigenvalue weighted by atomic mass is 10.0. The third-order valence-electron chi connectivity index (χ3n) is 2.66. The first-order valence-electron chi connectivity index (χ1n) is 5.72. The molecule has 1 rings (SSSR count). The van der Waals surface area contributed by atoms with E-state index in [4.69, 9.17) is 4.52 Å². The van der Waals surface area contributed by atoms with E-state index < -0.39 is 7.37 Å². The zero-order valence-corrected chi connectivity index (χ0v) is 11.7. The maximum Gasteiger partial charge on any atom is 0.244 e. The molecule has 0 aromatic heterocycles. The summed E-state index contributed by atoms with van der Waals surface area (Å²) in [7, 11) is -2.48. The molecule has 0 N–H and O–H groups in total. The fourth-order valence-electron chi connectivity index (χ4n) is 1.47. The van der Waals surface area contributed by atoms with Gasteiger partial charge in [0, 0.05) is 12.8 Å². The minimum Gasteiger partial charge on any atom is -0.443 e. The molecule has 0 amide bonds. The van der Waals surface area contributed by atoms with Crippen molar-refractivity contribution in [1.29, 1.82) is 0 Å². The van der Waals surface area contributed by atoms with Gasteiger partial charge >= 0.3 is 0 Å². The van der Waals surface area contributed by atoms with Gasteiger partial charge in [0.15, 0.2) is 0 Å². The van der Waals surface area contributed by atoms with Gasteiger partial charge in [-0.15, -0.1) is 0 Å². The minimum absolute atomic E-state index is 0.382. The van der Waals surface area contributed by atoms with Crippen molar-refractivity contribution < 1.29 is 9.09 Å². The van der Waals surface area contributed by atoms with Crippen LogP contribution in [0.5, 0.6) is 5.75 Å². The first-order valence-corrected chi connectivity index (χ1v) is 7.98. The predicted octanol–water partition coefficient (Wildman–Crippen LogP) is 4.43. The molecule has 0 saturated carbocycles. The van der Waals surface area contributed by atoms with E-state index in [1.165, 1.54) is 0 Å². The van der Waals surface area contributed by atoms with E-state index >= 15 is 0 Å². The molecule has 0 radical (unpaired) electrons. The molecule has 0 aliphatic heterocycles. The lowest BCUT2D eigenvalue weighted by Crippen LogP contribution is -1.99. The number of benzene rings is 1. The second kappa shape index (κ2) is 5.05. The van der Waals surface area contributed by atoms with Crippen LogP contribution < -0.4 is 4.52 Å². The Morgan fingerprint density at radius 1 is 1.38 bits per heavy atom. The van der Waals surface area contributed by atoms with Gasteiger partial charge in [-0.3, -0.25) is 4.57 Å². The molecule has 1 atom stereocenters. The Morgan fingerprint density at radius 2 is 2.00 bits per heavy atom. The molecule has 16 heavy (non-hydrogen) atoms. The molecule has 0 aliphatic rings. The summed E-state index contributed by atoms with van der Waals surface area (Å²) in [5, 5.41) is 0. The summed E-state index contributed by atoms with van der Waals surface area (Å²) in [6.07, 6.45) is 0.568. The fourth-order valence-corrected chi connectivity index (χ4v) is 2.17. The van der Waals surface area contributed by atoms with Crippen molar-refractivity contribution in [1.82, 2.24) is 0 Å². The molecular weight excluding hydrogens is 219 g/mol. The molecule has 2 nitrogen and oxygen atoms in total. The van der Waals surface area contributed by atoms with Crippen LogP contribution in [0.15, 0.2) is 18.2 Å². The normalized spacial score (nSPS) is 14.9. The van der Waals surface area contributed by atoms with Crippen LogP contribution >= 0.6 is 7.37 Å². The van der Waals surface area contributed by atoms with E-state index in [2.05, 4.69) is 26.0 Å². The Kier molecular flexibility index (Phi) is 4.21. The lowest BCUT2D eigenvalue weighted by molar-refractivity contribution is 0.484. The van der Waals surface area contributed by atoms with Crippen LogP contribution in [-0.4, -0.2) is 12.8 Å². The Hall–Kier alpha value is -0.750. The zero-order chi connectivity index (χ0) is 12.3. The van der Waals surface area contributed by atoms with Gasteiger partial charge in [0.05, 0.1) is 0 Å². The van der Waals surface area contributed by atoms with Gasteiger partial charge in [-0.05, 0) is 30.0 Å². The van der Waals surface area contributed by atoms with Crippen molar-refractivity contribution in [3.05, 3.63) is 29.3 Å². The van der Waals surface area contributed by atoms with Crippen molar-refractivity contribution in [2.75, 3.05) is 12.8 Å². The van der Waals surface area contributed by atoms with Crippen LogP contribution in [0.4, 0.5) is 0 Å². The van der Waals surface area contributed by atoms with Gasteiger partial charge in [0.2, 0.25) is 7.37 Å². The van der Waals surface area contributed by atoms with Crippen molar-refractivity contribution in [3.8, 4) is 5.75 Å². The van der Waals surface area contributed by atoms with Crippen molar-refractivity contribution in [2.45, 2.75) is 33.6 Å². The molecule has 0 fully saturated rings. The summed E-state index contributed by atoms with van der Waals surface area (Å²) in [4.78, 5) is 0. The Bertz CT molecular complexity index is 410. The van der Waals surface area contributed by atoms with E-state index in [0.29, 0.717) is 12.1 Å². The summed E-state index contributed by atoms with van der Waals surface area (Å²) in [5.41, 5.74) is 2.26. The maximum atomic E-state index is 12.0. The maximum absolute atomic E-state index is 12.0. The molecule has 1 aromatic rings. The predicted molar refractivity (Wildman–Crippen MR) is 70.0 cm³/mol. The largest absolute Gasteiger partial charge is 0.443 e. The van der Waals surface area contributed by atoms with E-state index in [0.717, 1.165) is 16.9 Å². The fraction of sp³-hybridized carbons (Fsp3) is 0.538. The highest BCUT2D eigenvalue weighted by Crippen LogP contribution is 2.44. The molecule has 0 heterocycles. The summed E-state index contributed by atoms with van der Waals surface area (Å²) >= 11 is 0. The summed E-state index contributed by atoms with van der Waals surface area (Å²) in [5.74, 6) is 1.16. The topological polar surface area (TPSA) is 26.3 Å². The quantitative estimate of drug-likeness (QED) is 0.728. The van der Waals surface area contributed by atoms with Gasteiger partial charge in [-0.25, -0.2) is 0 Å². The zero-order valence-electron chi connectivity index (χ0n) is 10.8. The van der Waals surface area contributed by atoms with Crippen LogP contribution in [0.2, 0.25) is 0 Å². The van der Waals surface area contributed by atoms with E-state index in [1.54, 1.807) is 6.66 Å². The molecular formula is C13H21O2P. The molecule has 1 unspecified atom stereocenters. The number of hydrogen-bond acceptors (Lipinski definition) is 2. The molecule has 0 saturated heterocycles. The van der Waals surface area contributed by atoms with Crippen molar-refractivity contribution in [2.24, 2.45) is 0 Å². The smallest absolute Gasteiger partial charge is 0.244 e. The highest BCUT2D eigenvalue weighted by molar-refractivity contribution is 7.58. The van der Waals surface area contributed by atoms with Crippen LogP contribution in [-0.2, 0) is 4.57 Å². The molecule has 0 spiro atoms. The van der Waals surface area contributed by atoms with Gasteiger partial charge in [0.1, 0.15) is 5.75 Å². The van der Waals surface area contributed by atoms with Crippen molar-refractivity contribution in [3.63, 3.8) is 0 Å². The second-order valence-corrected chi connectivity index (χ2v) is 7.46. The summed E-state index contributed by atoms with van der Waals surface area (Å²) in [6.45, 7) is 9.84. The molecule has 3 heteroatoms. The highest BCUT2D eigenvalue weighted by Gasteiger charge is 2.17. The second-order valence-electron chi connectivity index (χ2n) is 4.62. The Balaban J connectivity index is 3.11. The Labute approximate surface area is 98.5 Å². The molecule has 1 aromatic carbocycles. The number of rotatable bonds is 4. The molecule has 0 bridgehead atoms. The standard InChI is InChI=1S/C13H21O2P/c1-6-16(5,14)15-13-9-11(4)7-8-12(13)10(2)3/h7-10H,6H2,1-5H3. The minimum atomic E-state index is -2.48. The van der Waals surface area contributed by atoms with Crippen LogP contribution in [0.3, 0.4) is 0 Å². The van der Waals surface area contributed by atoms with Gasteiger partial charge in [-0.1, -0.05) is 32.9 Å². The van der Waals surface area contributed by atoms with E-state index in [1.807, 2.05) is 19.9 Å². The number of hydrogen-bond donors (Lipinski definition) is 0. The highest BCUT2D eigenvalue weighted by atomic mass is 31.2. The van der Waals surface area contributed by atoms with Gasteiger partial charge < -0.3 is 4.52 Å². The van der Waals surface area contributed by atoms with Crippen LogP contribution in [0, 0.1) is 6.92 Å². The third-order valence-corrected chi connectivity index (χ3v) is 4.39. The average Bonchev–Trinajstić information content (AvgIpc) is 2.16. The van der Waals surface area contributed by atoms with E-state index in [-0.39, 0.29) is 0 Å². The SMILES string of the molecule is CCP(C)(=O)Oc1cc(C)ccc1C(C)C. The molecule has 90 valence electrons. The number of aryl methyl sites for hydroxylation is 1. The monoisotopic (exact) mass is 240 g/mol. The first kappa shape index (κ1) is 13.3. The molecule has 0 aliphatic carbocycles. The summed E-state index contributed by atoms with van der Waals surface area (Å²) < 4.78 is 17.7.